The van der Waals surface area contributed by atoms with Gasteiger partial charge in [-0.1, -0.05) is 40.7 Å². The number of fused-ring (bicyclic) bond motifs is 7. The molecule has 0 amide bonds. The lowest BCUT2D eigenvalue weighted by molar-refractivity contribution is -0.182. The second-order valence-corrected chi connectivity index (χ2v) is 12.8. The highest BCUT2D eigenvalue weighted by Gasteiger charge is 2.67. The van der Waals surface area contributed by atoms with Gasteiger partial charge in [0.2, 0.25) is 0 Å². The van der Waals surface area contributed by atoms with Crippen LogP contribution in [0.2, 0.25) is 0 Å². The number of hydrogen-bond acceptors (Lipinski definition) is 3. The van der Waals surface area contributed by atoms with Crippen LogP contribution < -0.4 is 5.73 Å². The average molecular weight is 416 g/mol. The van der Waals surface area contributed by atoms with E-state index in [4.69, 9.17) is 10.5 Å². The van der Waals surface area contributed by atoms with Crippen molar-refractivity contribution < 1.29 is 9.84 Å². The molecule has 4 unspecified atom stereocenters. The van der Waals surface area contributed by atoms with E-state index >= 15 is 0 Å². The molecule has 0 aromatic carbocycles. The molecule has 0 radical (unpaired) electrons. The Hall–Kier alpha value is -0.380. The first-order chi connectivity index (χ1) is 14.1. The highest BCUT2D eigenvalue weighted by atomic mass is 16.6. The van der Waals surface area contributed by atoms with Crippen molar-refractivity contribution in [1.82, 2.24) is 0 Å². The van der Waals surface area contributed by atoms with Crippen LogP contribution in [0.3, 0.4) is 0 Å². The minimum atomic E-state index is -1.08. The van der Waals surface area contributed by atoms with Gasteiger partial charge >= 0.3 is 0 Å². The van der Waals surface area contributed by atoms with E-state index in [1.54, 1.807) is 0 Å². The van der Waals surface area contributed by atoms with Gasteiger partial charge < -0.3 is 15.6 Å². The minimum Gasteiger partial charge on any atom is -0.362 e. The van der Waals surface area contributed by atoms with Crippen molar-refractivity contribution in [2.45, 2.75) is 104 Å². The summed E-state index contributed by atoms with van der Waals surface area (Å²) < 4.78 is 6.47. The van der Waals surface area contributed by atoms with E-state index in [2.05, 4.69) is 40.7 Å². The van der Waals surface area contributed by atoms with Crippen LogP contribution >= 0.6 is 0 Å². The fraction of sp³-hybridized carbons (Fsp3) is 0.926. The van der Waals surface area contributed by atoms with E-state index in [1.807, 2.05) is 6.08 Å². The van der Waals surface area contributed by atoms with Gasteiger partial charge in [0.1, 0.15) is 0 Å². The molecule has 0 bridgehead atoms. The fourth-order valence-corrected chi connectivity index (χ4v) is 9.46. The SMILES string of the molecule is CC(C)/C=C/[C@@]1(O)O[C@H]2CC3C4CCC5C[C@H](N)CC[C@]5(C)C4CC[C@]3(C)[C@H]2[C@@H]1C. The lowest BCUT2D eigenvalue weighted by atomic mass is 9.44. The lowest BCUT2D eigenvalue weighted by Crippen LogP contribution is -2.55. The van der Waals surface area contributed by atoms with Crippen LogP contribution in [0.4, 0.5) is 0 Å². The summed E-state index contributed by atoms with van der Waals surface area (Å²) in [5, 5.41) is 11.4. The van der Waals surface area contributed by atoms with Crippen LogP contribution in [0.5, 0.6) is 0 Å². The Morgan fingerprint density at radius 1 is 1.00 bits per heavy atom. The highest BCUT2D eigenvalue weighted by Crippen LogP contribution is 2.70. The van der Waals surface area contributed by atoms with Gasteiger partial charge in [-0.05, 0) is 104 Å². The van der Waals surface area contributed by atoms with Gasteiger partial charge in [0.15, 0.2) is 5.79 Å². The van der Waals surface area contributed by atoms with E-state index in [9.17, 15) is 5.11 Å². The molecule has 0 aromatic rings. The van der Waals surface area contributed by atoms with Gasteiger partial charge in [-0.15, -0.1) is 0 Å². The van der Waals surface area contributed by atoms with Crippen molar-refractivity contribution in [3.8, 4) is 0 Å². The maximum absolute atomic E-state index is 11.4. The first-order valence-electron chi connectivity index (χ1n) is 12.9. The normalized spacial score (nSPS) is 57.9. The van der Waals surface area contributed by atoms with Crippen LogP contribution in [0, 0.1) is 52.3 Å². The van der Waals surface area contributed by atoms with Crippen LogP contribution in [0.25, 0.3) is 0 Å². The van der Waals surface area contributed by atoms with Gasteiger partial charge in [-0.2, -0.15) is 0 Å². The summed E-state index contributed by atoms with van der Waals surface area (Å²) in [6.45, 7) is 11.7. The maximum Gasteiger partial charge on any atom is 0.188 e. The summed E-state index contributed by atoms with van der Waals surface area (Å²) in [4.78, 5) is 0. The quantitative estimate of drug-likeness (QED) is 0.584. The van der Waals surface area contributed by atoms with E-state index < -0.39 is 5.79 Å². The fourth-order valence-electron chi connectivity index (χ4n) is 9.46. The largest absolute Gasteiger partial charge is 0.362 e. The Bertz CT molecular complexity index is 705. The van der Waals surface area contributed by atoms with Crippen molar-refractivity contribution in [3.63, 3.8) is 0 Å². The molecule has 5 aliphatic rings. The standard InChI is InChI=1S/C27H45NO2/c1-16(2)8-13-27(29)17(3)24-23(30-27)15-22-20-7-6-18-14-19(28)9-11-25(18,4)21(20)10-12-26(22,24)5/h8,13,16-24,29H,6-7,9-12,14-15,28H2,1-5H3/b13-8+/t17-,18?,19+,20?,21?,22?,23-,24-,25-,26-,27+/m0/s1. The van der Waals surface area contributed by atoms with Gasteiger partial charge in [-0.25, -0.2) is 0 Å². The Morgan fingerprint density at radius 2 is 1.73 bits per heavy atom. The summed E-state index contributed by atoms with van der Waals surface area (Å²) in [7, 11) is 0. The Kier molecular flexibility index (Phi) is 5.05. The molecule has 3 nitrogen and oxygen atoms in total. The molecule has 0 aromatic heterocycles. The van der Waals surface area contributed by atoms with E-state index in [0.29, 0.717) is 28.7 Å². The second kappa shape index (κ2) is 7.06. The number of nitrogens with two attached hydrogens (primary N) is 1. The number of ether oxygens (including phenoxy) is 1. The van der Waals surface area contributed by atoms with Crippen LogP contribution in [0.1, 0.15) is 86.0 Å². The smallest absolute Gasteiger partial charge is 0.188 e. The average Bonchev–Trinajstić information content (AvgIpc) is 3.11. The Morgan fingerprint density at radius 3 is 2.47 bits per heavy atom. The lowest BCUT2D eigenvalue weighted by Gasteiger charge is -2.61. The van der Waals surface area contributed by atoms with Gasteiger partial charge in [0.05, 0.1) is 6.10 Å². The molecule has 1 heterocycles. The highest BCUT2D eigenvalue weighted by molar-refractivity contribution is 5.17. The summed E-state index contributed by atoms with van der Waals surface area (Å²) in [5.74, 6) is 3.33. The van der Waals surface area contributed by atoms with Crippen molar-refractivity contribution in [3.05, 3.63) is 12.2 Å². The zero-order valence-corrected chi connectivity index (χ0v) is 19.9. The topological polar surface area (TPSA) is 55.5 Å². The zero-order valence-electron chi connectivity index (χ0n) is 19.9. The predicted molar refractivity (Wildman–Crippen MR) is 122 cm³/mol. The summed E-state index contributed by atoms with van der Waals surface area (Å²) in [5.41, 5.74) is 7.20. The van der Waals surface area contributed by atoms with Crippen LogP contribution in [-0.4, -0.2) is 23.0 Å². The molecule has 170 valence electrons. The molecule has 1 saturated heterocycles. The van der Waals surface area contributed by atoms with Gasteiger partial charge in [0.25, 0.3) is 0 Å². The molecule has 4 saturated carbocycles. The molecule has 3 N–H and O–H groups in total. The molecular weight excluding hydrogens is 370 g/mol. The Balaban J connectivity index is 1.40. The molecule has 5 rings (SSSR count). The molecule has 3 heteroatoms. The third-order valence-electron chi connectivity index (χ3n) is 11.0. The van der Waals surface area contributed by atoms with Crippen molar-refractivity contribution in [2.75, 3.05) is 0 Å². The monoisotopic (exact) mass is 415 g/mol. The maximum atomic E-state index is 11.4. The Labute approximate surface area is 184 Å². The number of allylic oxidation sites excluding steroid dienone is 1. The predicted octanol–water partition coefficient (Wildman–Crippen LogP) is 5.52. The van der Waals surface area contributed by atoms with Crippen molar-refractivity contribution in [2.24, 2.45) is 58.0 Å². The van der Waals surface area contributed by atoms with Gasteiger partial charge in [-0.3, -0.25) is 0 Å². The van der Waals surface area contributed by atoms with Crippen LogP contribution in [-0.2, 0) is 4.74 Å². The molecule has 30 heavy (non-hydrogen) atoms. The summed E-state index contributed by atoms with van der Waals surface area (Å²) in [6.07, 6.45) is 14.7. The van der Waals surface area contributed by atoms with Crippen molar-refractivity contribution in [1.29, 1.82) is 0 Å². The number of rotatable bonds is 2. The summed E-state index contributed by atoms with van der Waals surface area (Å²) in [6, 6.07) is 0.435. The van der Waals surface area contributed by atoms with Crippen molar-refractivity contribution >= 4 is 0 Å². The second-order valence-electron chi connectivity index (χ2n) is 12.8. The number of aliphatic hydroxyl groups is 1. The first kappa shape index (κ1) is 21.5. The third-order valence-corrected chi connectivity index (χ3v) is 11.0. The zero-order chi connectivity index (χ0) is 21.5. The summed E-state index contributed by atoms with van der Waals surface area (Å²) >= 11 is 0. The first-order valence-corrected chi connectivity index (χ1v) is 12.9. The van der Waals surface area contributed by atoms with E-state index in [-0.39, 0.29) is 12.0 Å². The van der Waals surface area contributed by atoms with E-state index in [0.717, 1.165) is 30.1 Å². The molecular formula is C27H45NO2. The van der Waals surface area contributed by atoms with E-state index in [1.165, 1.54) is 44.9 Å². The molecule has 0 spiro atoms. The molecule has 11 atom stereocenters. The van der Waals surface area contributed by atoms with Gasteiger partial charge in [0, 0.05) is 12.0 Å². The number of hydrogen-bond donors (Lipinski definition) is 2. The van der Waals surface area contributed by atoms with Crippen LogP contribution in [0.15, 0.2) is 12.2 Å². The molecule has 5 fully saturated rings. The third kappa shape index (κ3) is 2.94. The molecule has 4 aliphatic carbocycles. The molecule has 1 aliphatic heterocycles. The minimum absolute atomic E-state index is 0.170.